The molecule has 0 aliphatic heterocycles. The summed E-state index contributed by atoms with van der Waals surface area (Å²) in [5, 5.41) is 12.8. The van der Waals surface area contributed by atoms with Gasteiger partial charge >= 0.3 is 5.97 Å². The molecule has 0 spiro atoms. The molecule has 1 aliphatic carbocycles. The molecule has 6 heteroatoms. The average molecular weight is 287 g/mol. The molecular formula is C15H17N3O3. The van der Waals surface area contributed by atoms with Crippen molar-refractivity contribution in [2.24, 2.45) is 5.92 Å². The molecule has 21 heavy (non-hydrogen) atoms. The summed E-state index contributed by atoms with van der Waals surface area (Å²) in [6, 6.07) is 3.74. The fourth-order valence-electron chi connectivity index (χ4n) is 2.95. The predicted molar refractivity (Wildman–Crippen MR) is 76.7 cm³/mol. The Kier molecular flexibility index (Phi) is 3.60. The molecule has 6 nitrogen and oxygen atoms in total. The number of rotatable bonds is 4. The van der Waals surface area contributed by atoms with Gasteiger partial charge in [-0.2, -0.15) is 0 Å². The number of nitrogens with zero attached hydrogens (tertiary/aromatic N) is 1. The smallest absolute Gasteiger partial charge is 0.306 e. The van der Waals surface area contributed by atoms with Crippen LogP contribution in [0.2, 0.25) is 0 Å². The number of aromatic nitrogens is 2. The van der Waals surface area contributed by atoms with Crippen LogP contribution in [0.3, 0.4) is 0 Å². The number of amides is 1. The van der Waals surface area contributed by atoms with Crippen LogP contribution in [0.4, 0.5) is 0 Å². The molecule has 110 valence electrons. The molecule has 1 fully saturated rings. The Morgan fingerprint density at radius 2 is 2.29 bits per heavy atom. The summed E-state index contributed by atoms with van der Waals surface area (Å²) < 4.78 is 0. The van der Waals surface area contributed by atoms with E-state index in [1.54, 1.807) is 12.4 Å². The van der Waals surface area contributed by atoms with Crippen molar-refractivity contribution in [3.05, 3.63) is 30.1 Å². The Morgan fingerprint density at radius 1 is 1.43 bits per heavy atom. The predicted octanol–water partition coefficient (Wildman–Crippen LogP) is 1.47. The van der Waals surface area contributed by atoms with Crippen LogP contribution in [0.15, 0.2) is 24.5 Å². The maximum atomic E-state index is 12.1. The van der Waals surface area contributed by atoms with E-state index < -0.39 is 5.97 Å². The summed E-state index contributed by atoms with van der Waals surface area (Å²) in [5.41, 5.74) is 1.68. The van der Waals surface area contributed by atoms with Crippen molar-refractivity contribution in [2.75, 3.05) is 0 Å². The highest BCUT2D eigenvalue weighted by molar-refractivity contribution is 5.87. The van der Waals surface area contributed by atoms with E-state index in [0.29, 0.717) is 12.8 Å². The number of hydrogen-bond acceptors (Lipinski definition) is 3. The highest BCUT2D eigenvalue weighted by atomic mass is 16.4. The van der Waals surface area contributed by atoms with Crippen LogP contribution in [0.1, 0.15) is 24.8 Å². The van der Waals surface area contributed by atoms with E-state index in [-0.39, 0.29) is 24.3 Å². The standard InChI is InChI=1S/C15H17N3O3/c19-13(18-11-4-3-9(6-11)15(20)21)7-10-8-17-14-12(10)2-1-5-16-14/h1-2,5,8-9,11H,3-4,6-7H2,(H,16,17)(H,18,19)(H,20,21)/t9-,11+/m1/s1. The minimum Gasteiger partial charge on any atom is -0.481 e. The maximum Gasteiger partial charge on any atom is 0.306 e. The first-order valence-corrected chi connectivity index (χ1v) is 7.06. The van der Waals surface area contributed by atoms with Crippen molar-refractivity contribution in [2.45, 2.75) is 31.7 Å². The van der Waals surface area contributed by atoms with Crippen LogP contribution in [-0.4, -0.2) is 33.0 Å². The largest absolute Gasteiger partial charge is 0.481 e. The van der Waals surface area contributed by atoms with E-state index in [0.717, 1.165) is 23.0 Å². The van der Waals surface area contributed by atoms with Crippen molar-refractivity contribution in [1.82, 2.24) is 15.3 Å². The van der Waals surface area contributed by atoms with Crippen LogP contribution in [-0.2, 0) is 16.0 Å². The van der Waals surface area contributed by atoms with E-state index in [1.165, 1.54) is 0 Å². The molecule has 0 aromatic carbocycles. The van der Waals surface area contributed by atoms with Gasteiger partial charge in [0.15, 0.2) is 0 Å². The number of fused-ring (bicyclic) bond motifs is 1. The zero-order valence-electron chi connectivity index (χ0n) is 11.5. The zero-order chi connectivity index (χ0) is 14.8. The van der Waals surface area contributed by atoms with Gasteiger partial charge in [0, 0.05) is 23.8 Å². The lowest BCUT2D eigenvalue weighted by Crippen LogP contribution is -2.34. The number of aromatic amines is 1. The fraction of sp³-hybridized carbons (Fsp3) is 0.400. The first-order chi connectivity index (χ1) is 10.1. The quantitative estimate of drug-likeness (QED) is 0.793. The Bertz CT molecular complexity index is 680. The SMILES string of the molecule is O=C(Cc1c[nH]c2ncccc12)N[C@H]1CC[C@@H](C(=O)O)C1. The lowest BCUT2D eigenvalue weighted by atomic mass is 10.1. The molecule has 3 N–H and O–H groups in total. The van der Waals surface area contributed by atoms with Crippen molar-refractivity contribution >= 4 is 22.9 Å². The molecule has 2 heterocycles. The van der Waals surface area contributed by atoms with E-state index in [2.05, 4.69) is 15.3 Å². The second kappa shape index (κ2) is 5.55. The molecule has 2 aromatic heterocycles. The molecule has 1 aliphatic rings. The zero-order valence-corrected chi connectivity index (χ0v) is 11.5. The number of pyridine rings is 1. The Balaban J connectivity index is 1.61. The number of H-pyrrole nitrogens is 1. The van der Waals surface area contributed by atoms with Gasteiger partial charge in [0.25, 0.3) is 0 Å². The van der Waals surface area contributed by atoms with Gasteiger partial charge in [0.1, 0.15) is 5.65 Å². The average Bonchev–Trinajstić information content (AvgIpc) is 3.07. The summed E-state index contributed by atoms with van der Waals surface area (Å²) in [5.74, 6) is -1.17. The van der Waals surface area contributed by atoms with Gasteiger partial charge in [0.2, 0.25) is 5.91 Å². The summed E-state index contributed by atoms with van der Waals surface area (Å²) in [6.45, 7) is 0. The molecule has 2 atom stereocenters. The third kappa shape index (κ3) is 2.89. The van der Waals surface area contributed by atoms with Gasteiger partial charge in [-0.25, -0.2) is 4.98 Å². The van der Waals surface area contributed by atoms with Crippen LogP contribution in [0.25, 0.3) is 11.0 Å². The summed E-state index contributed by atoms with van der Waals surface area (Å²) in [7, 11) is 0. The molecule has 0 radical (unpaired) electrons. The highest BCUT2D eigenvalue weighted by Crippen LogP contribution is 2.25. The minimum atomic E-state index is -0.769. The van der Waals surface area contributed by atoms with E-state index in [4.69, 9.17) is 5.11 Å². The van der Waals surface area contributed by atoms with Crippen LogP contribution >= 0.6 is 0 Å². The number of carbonyl (C=O) groups excluding carboxylic acids is 1. The van der Waals surface area contributed by atoms with E-state index >= 15 is 0 Å². The van der Waals surface area contributed by atoms with Gasteiger partial charge in [-0.05, 0) is 37.0 Å². The van der Waals surface area contributed by atoms with Crippen molar-refractivity contribution in [3.63, 3.8) is 0 Å². The lowest BCUT2D eigenvalue weighted by molar-refractivity contribution is -0.141. The molecule has 3 rings (SSSR count). The Labute approximate surface area is 121 Å². The van der Waals surface area contributed by atoms with E-state index in [9.17, 15) is 9.59 Å². The van der Waals surface area contributed by atoms with Gasteiger partial charge in [-0.1, -0.05) is 0 Å². The highest BCUT2D eigenvalue weighted by Gasteiger charge is 2.30. The topological polar surface area (TPSA) is 95.1 Å². The van der Waals surface area contributed by atoms with Crippen LogP contribution in [0, 0.1) is 5.92 Å². The second-order valence-corrected chi connectivity index (χ2v) is 5.50. The number of carboxylic acid groups (broad SMARTS) is 1. The van der Waals surface area contributed by atoms with Crippen LogP contribution in [0.5, 0.6) is 0 Å². The third-order valence-corrected chi connectivity index (χ3v) is 4.03. The van der Waals surface area contributed by atoms with Gasteiger partial charge in [-0.15, -0.1) is 0 Å². The lowest BCUT2D eigenvalue weighted by Gasteiger charge is -2.12. The minimum absolute atomic E-state index is 0.0260. The molecule has 2 aromatic rings. The number of carbonyl (C=O) groups is 2. The number of nitrogens with one attached hydrogen (secondary N) is 2. The van der Waals surface area contributed by atoms with Gasteiger partial charge in [0.05, 0.1) is 12.3 Å². The normalized spacial score (nSPS) is 21.5. The van der Waals surface area contributed by atoms with Crippen molar-refractivity contribution < 1.29 is 14.7 Å². The fourth-order valence-corrected chi connectivity index (χ4v) is 2.95. The summed E-state index contributed by atoms with van der Waals surface area (Å²) in [6.07, 6.45) is 5.67. The van der Waals surface area contributed by atoms with Gasteiger partial charge in [-0.3, -0.25) is 9.59 Å². The first-order valence-electron chi connectivity index (χ1n) is 7.06. The molecule has 0 saturated heterocycles. The summed E-state index contributed by atoms with van der Waals surface area (Å²) >= 11 is 0. The monoisotopic (exact) mass is 287 g/mol. The Hall–Kier alpha value is -2.37. The molecule has 1 saturated carbocycles. The van der Waals surface area contributed by atoms with Crippen molar-refractivity contribution in [1.29, 1.82) is 0 Å². The maximum absolute atomic E-state index is 12.1. The van der Waals surface area contributed by atoms with Gasteiger partial charge < -0.3 is 15.4 Å². The molecule has 0 bridgehead atoms. The molecule has 1 amide bonds. The Morgan fingerprint density at radius 3 is 3.05 bits per heavy atom. The first kappa shape index (κ1) is 13.6. The third-order valence-electron chi connectivity index (χ3n) is 4.03. The van der Waals surface area contributed by atoms with E-state index in [1.807, 2.05) is 12.1 Å². The van der Waals surface area contributed by atoms with Crippen LogP contribution < -0.4 is 5.32 Å². The number of aliphatic carboxylic acids is 1. The number of hydrogen-bond donors (Lipinski definition) is 3. The molecule has 0 unspecified atom stereocenters. The molecular weight excluding hydrogens is 270 g/mol. The van der Waals surface area contributed by atoms with Crippen molar-refractivity contribution in [3.8, 4) is 0 Å². The second-order valence-electron chi connectivity index (χ2n) is 5.50. The number of carboxylic acids is 1. The summed E-state index contributed by atoms with van der Waals surface area (Å²) in [4.78, 5) is 30.2.